The third kappa shape index (κ3) is 4.22. The quantitative estimate of drug-likeness (QED) is 0.763. The van der Waals surface area contributed by atoms with Gasteiger partial charge in [-0.25, -0.2) is 0 Å². The van der Waals surface area contributed by atoms with Gasteiger partial charge in [-0.15, -0.1) is 0 Å². The monoisotopic (exact) mass is 235 g/mol. The minimum atomic E-state index is -0.605. The lowest BCUT2D eigenvalue weighted by Crippen LogP contribution is -2.38. The van der Waals surface area contributed by atoms with Gasteiger partial charge in [0, 0.05) is 25.0 Å². The lowest BCUT2D eigenvalue weighted by molar-refractivity contribution is -0.137. The largest absolute Gasteiger partial charge is 0.369 e. The Balaban J connectivity index is 2.73. The summed E-state index contributed by atoms with van der Waals surface area (Å²) in [6.07, 6.45) is 3.12. The highest BCUT2D eigenvalue weighted by Gasteiger charge is 2.18. The van der Waals surface area contributed by atoms with Crippen molar-refractivity contribution in [1.29, 1.82) is 0 Å². The Morgan fingerprint density at radius 3 is 2.65 bits per heavy atom. The smallest absolute Gasteiger partial charge is 0.232 e. The predicted octanol–water partition coefficient (Wildman–Crippen LogP) is 0.694. The van der Waals surface area contributed by atoms with Crippen LogP contribution in [-0.4, -0.2) is 27.7 Å². The fraction of sp³-hybridized carbons (Fsp3) is 0.417. The molecule has 2 N–H and O–H groups in total. The third-order valence-corrected chi connectivity index (χ3v) is 2.34. The standard InChI is InChI=1S/C12H17N3O2/c1-9(2)15(12(17)6-11(13)16)8-10-4-3-5-14-7-10/h3-5,7,9H,6,8H2,1-2H3,(H2,13,16). The van der Waals surface area contributed by atoms with E-state index in [1.54, 1.807) is 17.3 Å². The van der Waals surface area contributed by atoms with Gasteiger partial charge in [-0.1, -0.05) is 6.07 Å². The van der Waals surface area contributed by atoms with Gasteiger partial charge in [0.15, 0.2) is 0 Å². The molecule has 1 rings (SSSR count). The van der Waals surface area contributed by atoms with Crippen molar-refractivity contribution < 1.29 is 9.59 Å². The summed E-state index contributed by atoms with van der Waals surface area (Å²) in [5.41, 5.74) is 5.96. The molecule has 0 fully saturated rings. The molecule has 0 bridgehead atoms. The molecule has 1 aromatic rings. The van der Waals surface area contributed by atoms with Crippen LogP contribution in [0.3, 0.4) is 0 Å². The molecule has 0 aliphatic rings. The molecule has 0 aliphatic heterocycles. The van der Waals surface area contributed by atoms with E-state index in [1.807, 2.05) is 26.0 Å². The molecule has 17 heavy (non-hydrogen) atoms. The number of hydrogen-bond donors (Lipinski definition) is 1. The number of carbonyl (C=O) groups excluding carboxylic acids is 2. The van der Waals surface area contributed by atoms with Gasteiger partial charge in [-0.2, -0.15) is 0 Å². The zero-order valence-electron chi connectivity index (χ0n) is 10.1. The van der Waals surface area contributed by atoms with Crippen LogP contribution in [0.15, 0.2) is 24.5 Å². The Bertz CT molecular complexity index is 390. The zero-order valence-corrected chi connectivity index (χ0v) is 10.1. The molecule has 2 amide bonds. The third-order valence-electron chi connectivity index (χ3n) is 2.34. The van der Waals surface area contributed by atoms with Crippen LogP contribution >= 0.6 is 0 Å². The maximum atomic E-state index is 11.8. The highest BCUT2D eigenvalue weighted by Crippen LogP contribution is 2.08. The molecule has 1 aromatic heterocycles. The second-order valence-electron chi connectivity index (χ2n) is 4.12. The van der Waals surface area contributed by atoms with Crippen molar-refractivity contribution in [2.45, 2.75) is 32.9 Å². The summed E-state index contributed by atoms with van der Waals surface area (Å²) in [7, 11) is 0. The van der Waals surface area contributed by atoms with Crippen molar-refractivity contribution >= 4 is 11.8 Å². The van der Waals surface area contributed by atoms with Crippen LogP contribution in [0.5, 0.6) is 0 Å². The SMILES string of the molecule is CC(C)N(Cc1cccnc1)C(=O)CC(N)=O. The molecule has 5 nitrogen and oxygen atoms in total. The summed E-state index contributed by atoms with van der Waals surface area (Å²) in [6, 6.07) is 3.72. The lowest BCUT2D eigenvalue weighted by atomic mass is 10.2. The minimum absolute atomic E-state index is 0.0158. The van der Waals surface area contributed by atoms with Crippen LogP contribution in [0.4, 0.5) is 0 Å². The Morgan fingerprint density at radius 1 is 1.47 bits per heavy atom. The number of nitrogens with zero attached hydrogens (tertiary/aromatic N) is 2. The summed E-state index contributed by atoms with van der Waals surface area (Å²) < 4.78 is 0. The number of carbonyl (C=O) groups is 2. The molecular formula is C12H17N3O2. The van der Waals surface area contributed by atoms with E-state index in [2.05, 4.69) is 4.98 Å². The first kappa shape index (κ1) is 13.2. The van der Waals surface area contributed by atoms with Gasteiger partial charge >= 0.3 is 0 Å². The first-order chi connectivity index (χ1) is 8.00. The van der Waals surface area contributed by atoms with E-state index in [1.165, 1.54) is 0 Å². The number of primary amides is 1. The van der Waals surface area contributed by atoms with E-state index in [9.17, 15) is 9.59 Å². The van der Waals surface area contributed by atoms with Crippen LogP contribution in [0, 0.1) is 0 Å². The van der Waals surface area contributed by atoms with Gasteiger partial charge in [0.25, 0.3) is 0 Å². The Kier molecular flexibility index (Phi) is 4.63. The molecule has 1 heterocycles. The van der Waals surface area contributed by atoms with E-state index >= 15 is 0 Å². The van der Waals surface area contributed by atoms with Crippen molar-refractivity contribution in [3.05, 3.63) is 30.1 Å². The lowest BCUT2D eigenvalue weighted by Gasteiger charge is -2.26. The van der Waals surface area contributed by atoms with Gasteiger partial charge in [0.2, 0.25) is 11.8 Å². The number of hydrogen-bond acceptors (Lipinski definition) is 3. The van der Waals surface area contributed by atoms with Crippen LogP contribution in [-0.2, 0) is 16.1 Å². The molecule has 0 aliphatic carbocycles. The Labute approximate surface area is 101 Å². The Hall–Kier alpha value is -1.91. The maximum Gasteiger partial charge on any atom is 0.232 e. The fourth-order valence-corrected chi connectivity index (χ4v) is 1.50. The van der Waals surface area contributed by atoms with Gasteiger partial charge in [0.05, 0.1) is 0 Å². The van der Waals surface area contributed by atoms with E-state index in [0.29, 0.717) is 6.54 Å². The molecule has 0 saturated carbocycles. The van der Waals surface area contributed by atoms with Crippen molar-refractivity contribution in [3.63, 3.8) is 0 Å². The topological polar surface area (TPSA) is 76.3 Å². The van der Waals surface area contributed by atoms with Crippen LogP contribution in [0.25, 0.3) is 0 Å². The van der Waals surface area contributed by atoms with Crippen molar-refractivity contribution in [1.82, 2.24) is 9.88 Å². The molecule has 0 aromatic carbocycles. The van der Waals surface area contributed by atoms with E-state index < -0.39 is 5.91 Å². The highest BCUT2D eigenvalue weighted by atomic mass is 16.2. The summed E-state index contributed by atoms with van der Waals surface area (Å²) in [5.74, 6) is -0.858. The fourth-order valence-electron chi connectivity index (χ4n) is 1.50. The van der Waals surface area contributed by atoms with Gasteiger partial charge in [-0.3, -0.25) is 14.6 Å². The second kappa shape index (κ2) is 5.98. The summed E-state index contributed by atoms with van der Waals surface area (Å²) >= 11 is 0. The second-order valence-corrected chi connectivity index (χ2v) is 4.12. The van der Waals surface area contributed by atoms with Crippen LogP contribution in [0.2, 0.25) is 0 Å². The molecule has 0 spiro atoms. The summed E-state index contributed by atoms with van der Waals surface area (Å²) in [6.45, 7) is 4.24. The van der Waals surface area contributed by atoms with Crippen molar-refractivity contribution in [2.75, 3.05) is 0 Å². The van der Waals surface area contributed by atoms with Gasteiger partial charge in [0.1, 0.15) is 6.42 Å². The number of amides is 2. The molecule has 0 radical (unpaired) electrons. The van der Waals surface area contributed by atoms with Crippen molar-refractivity contribution in [2.24, 2.45) is 5.73 Å². The highest BCUT2D eigenvalue weighted by molar-refractivity contribution is 5.96. The molecule has 0 saturated heterocycles. The number of pyridine rings is 1. The molecule has 0 unspecified atom stereocenters. The first-order valence-corrected chi connectivity index (χ1v) is 5.47. The van der Waals surface area contributed by atoms with Crippen LogP contribution in [0.1, 0.15) is 25.8 Å². The normalized spacial score (nSPS) is 10.3. The average Bonchev–Trinajstić information content (AvgIpc) is 2.25. The summed E-state index contributed by atoms with van der Waals surface area (Å²) in [4.78, 5) is 28.2. The molecule has 0 atom stereocenters. The number of nitrogens with two attached hydrogens (primary N) is 1. The Morgan fingerprint density at radius 2 is 2.18 bits per heavy atom. The van der Waals surface area contributed by atoms with Gasteiger partial charge in [-0.05, 0) is 25.5 Å². The molecular weight excluding hydrogens is 218 g/mol. The van der Waals surface area contributed by atoms with E-state index in [-0.39, 0.29) is 18.4 Å². The predicted molar refractivity (Wildman–Crippen MR) is 63.7 cm³/mol. The number of rotatable bonds is 5. The zero-order chi connectivity index (χ0) is 12.8. The van der Waals surface area contributed by atoms with E-state index in [0.717, 1.165) is 5.56 Å². The van der Waals surface area contributed by atoms with E-state index in [4.69, 9.17) is 5.73 Å². The maximum absolute atomic E-state index is 11.8. The minimum Gasteiger partial charge on any atom is -0.369 e. The average molecular weight is 235 g/mol. The first-order valence-electron chi connectivity index (χ1n) is 5.47. The van der Waals surface area contributed by atoms with Crippen molar-refractivity contribution in [3.8, 4) is 0 Å². The number of aromatic nitrogens is 1. The van der Waals surface area contributed by atoms with Crippen LogP contribution < -0.4 is 5.73 Å². The molecule has 92 valence electrons. The molecule has 5 heteroatoms. The summed E-state index contributed by atoms with van der Waals surface area (Å²) in [5, 5.41) is 0. The van der Waals surface area contributed by atoms with Gasteiger partial charge < -0.3 is 10.6 Å².